The number of rotatable bonds is 4. The van der Waals surface area contributed by atoms with Crippen molar-refractivity contribution in [3.05, 3.63) is 0 Å². The summed E-state index contributed by atoms with van der Waals surface area (Å²) in [4.78, 5) is 34.2. The fourth-order valence-corrected chi connectivity index (χ4v) is 2.65. The largest absolute Gasteiger partial charge is 0.481 e. The third-order valence-electron chi connectivity index (χ3n) is 3.94. The lowest BCUT2D eigenvalue weighted by Crippen LogP contribution is -2.59. The number of amides is 2. The van der Waals surface area contributed by atoms with Gasteiger partial charge in [-0.25, -0.2) is 0 Å². The van der Waals surface area contributed by atoms with E-state index in [4.69, 9.17) is 0 Å². The Labute approximate surface area is 111 Å². The molecule has 1 atom stereocenters. The highest BCUT2D eigenvalue weighted by Crippen LogP contribution is 2.37. The Morgan fingerprint density at radius 1 is 1.37 bits per heavy atom. The van der Waals surface area contributed by atoms with Crippen molar-refractivity contribution in [3.63, 3.8) is 0 Å². The molecule has 2 fully saturated rings. The van der Waals surface area contributed by atoms with Crippen molar-refractivity contribution in [2.45, 2.75) is 31.7 Å². The Morgan fingerprint density at radius 3 is 2.58 bits per heavy atom. The first kappa shape index (κ1) is 13.8. The topological polar surface area (TPSA) is 108 Å². The Hall–Kier alpha value is -1.63. The zero-order chi connectivity index (χ0) is 13.9. The molecule has 1 saturated carbocycles. The smallest absolute Gasteiger partial charge is 0.311 e. The molecule has 2 amide bonds. The maximum atomic E-state index is 11.9. The van der Waals surface area contributed by atoms with E-state index in [1.807, 2.05) is 0 Å². The van der Waals surface area contributed by atoms with E-state index in [1.54, 1.807) is 0 Å². The lowest BCUT2D eigenvalue weighted by molar-refractivity contribution is -0.148. The standard InChI is InChI=1S/C12H19N3O4/c16-9-6-13-8(5-14-9)10(17)15-7-12(11(18)19)3-1-2-4-12/h8,13H,1-7H2,(H,14,16)(H,15,17)(H,18,19). The Bertz CT molecular complexity index is 380. The molecule has 1 unspecified atom stereocenters. The van der Waals surface area contributed by atoms with Gasteiger partial charge in [-0.1, -0.05) is 12.8 Å². The SMILES string of the molecule is O=C1CNC(C(=O)NCC2(C(=O)O)CCCC2)CN1. The Kier molecular flexibility index (Phi) is 4.04. The van der Waals surface area contributed by atoms with Gasteiger partial charge in [0.15, 0.2) is 0 Å². The van der Waals surface area contributed by atoms with Crippen molar-refractivity contribution in [3.8, 4) is 0 Å². The normalized spacial score (nSPS) is 25.7. The van der Waals surface area contributed by atoms with Gasteiger partial charge in [0, 0.05) is 13.1 Å². The highest BCUT2D eigenvalue weighted by atomic mass is 16.4. The van der Waals surface area contributed by atoms with Crippen LogP contribution >= 0.6 is 0 Å². The molecule has 2 rings (SSSR count). The first-order valence-corrected chi connectivity index (χ1v) is 6.55. The molecule has 1 heterocycles. The fourth-order valence-electron chi connectivity index (χ4n) is 2.65. The first-order chi connectivity index (χ1) is 9.03. The summed E-state index contributed by atoms with van der Waals surface area (Å²) in [5.74, 6) is -1.23. The molecule has 4 N–H and O–H groups in total. The van der Waals surface area contributed by atoms with E-state index in [9.17, 15) is 19.5 Å². The van der Waals surface area contributed by atoms with Gasteiger partial charge in [0.2, 0.25) is 11.8 Å². The average molecular weight is 269 g/mol. The van der Waals surface area contributed by atoms with Crippen molar-refractivity contribution in [1.82, 2.24) is 16.0 Å². The van der Waals surface area contributed by atoms with Crippen LogP contribution in [-0.2, 0) is 14.4 Å². The zero-order valence-electron chi connectivity index (χ0n) is 10.7. The quantitative estimate of drug-likeness (QED) is 0.515. The molecule has 2 aliphatic rings. The van der Waals surface area contributed by atoms with Gasteiger partial charge in [0.1, 0.15) is 6.04 Å². The number of hydrogen-bond acceptors (Lipinski definition) is 4. The van der Waals surface area contributed by atoms with Crippen molar-refractivity contribution >= 4 is 17.8 Å². The predicted molar refractivity (Wildman–Crippen MR) is 66.3 cm³/mol. The van der Waals surface area contributed by atoms with Crippen LogP contribution < -0.4 is 16.0 Å². The van der Waals surface area contributed by atoms with Gasteiger partial charge in [-0.3, -0.25) is 19.7 Å². The van der Waals surface area contributed by atoms with E-state index < -0.39 is 17.4 Å². The number of carboxylic acid groups (broad SMARTS) is 1. The van der Waals surface area contributed by atoms with Crippen LogP contribution in [0.5, 0.6) is 0 Å². The Morgan fingerprint density at radius 2 is 2.05 bits per heavy atom. The van der Waals surface area contributed by atoms with E-state index in [0.29, 0.717) is 12.8 Å². The van der Waals surface area contributed by atoms with Gasteiger partial charge < -0.3 is 15.7 Å². The van der Waals surface area contributed by atoms with Crippen LogP contribution in [0.4, 0.5) is 0 Å². The molecule has 0 bridgehead atoms. The second-order valence-corrected chi connectivity index (χ2v) is 5.25. The first-order valence-electron chi connectivity index (χ1n) is 6.55. The van der Waals surface area contributed by atoms with Crippen LogP contribution in [0.3, 0.4) is 0 Å². The molecule has 7 nitrogen and oxygen atoms in total. The third-order valence-corrected chi connectivity index (χ3v) is 3.94. The predicted octanol–water partition coefficient (Wildman–Crippen LogP) is -1.16. The number of carbonyl (C=O) groups is 3. The minimum Gasteiger partial charge on any atom is -0.481 e. The molecule has 0 spiro atoms. The van der Waals surface area contributed by atoms with E-state index >= 15 is 0 Å². The maximum Gasteiger partial charge on any atom is 0.311 e. The lowest BCUT2D eigenvalue weighted by atomic mass is 9.86. The van der Waals surface area contributed by atoms with Gasteiger partial charge in [-0.05, 0) is 12.8 Å². The van der Waals surface area contributed by atoms with Crippen molar-refractivity contribution in [2.24, 2.45) is 5.41 Å². The highest BCUT2D eigenvalue weighted by Gasteiger charge is 2.41. The average Bonchev–Trinajstić information content (AvgIpc) is 2.87. The molecular weight excluding hydrogens is 250 g/mol. The van der Waals surface area contributed by atoms with Crippen LogP contribution in [0.2, 0.25) is 0 Å². The third kappa shape index (κ3) is 3.04. The van der Waals surface area contributed by atoms with Crippen molar-refractivity contribution in [1.29, 1.82) is 0 Å². The highest BCUT2D eigenvalue weighted by molar-refractivity contribution is 5.87. The minimum absolute atomic E-state index is 0.113. The molecule has 7 heteroatoms. The summed E-state index contributed by atoms with van der Waals surface area (Å²) in [5.41, 5.74) is -0.812. The van der Waals surface area contributed by atoms with Crippen molar-refractivity contribution in [2.75, 3.05) is 19.6 Å². The van der Waals surface area contributed by atoms with Crippen molar-refractivity contribution < 1.29 is 19.5 Å². The molecular formula is C12H19N3O4. The molecule has 1 saturated heterocycles. The summed E-state index contributed by atoms with van der Waals surface area (Å²) in [6.07, 6.45) is 2.99. The summed E-state index contributed by atoms with van der Waals surface area (Å²) in [6.45, 7) is 0.514. The molecule has 106 valence electrons. The molecule has 1 aliphatic heterocycles. The van der Waals surface area contributed by atoms with E-state index in [2.05, 4.69) is 16.0 Å². The van der Waals surface area contributed by atoms with Crippen LogP contribution in [0.25, 0.3) is 0 Å². The van der Waals surface area contributed by atoms with Crippen LogP contribution in [0.15, 0.2) is 0 Å². The van der Waals surface area contributed by atoms with Gasteiger partial charge in [0.25, 0.3) is 0 Å². The number of piperazine rings is 1. The number of carboxylic acids is 1. The van der Waals surface area contributed by atoms with Crippen LogP contribution in [0, 0.1) is 5.41 Å². The summed E-state index contributed by atoms with van der Waals surface area (Å²) in [7, 11) is 0. The minimum atomic E-state index is -0.838. The Balaban J connectivity index is 1.85. The second-order valence-electron chi connectivity index (χ2n) is 5.25. The van der Waals surface area contributed by atoms with Gasteiger partial charge in [0.05, 0.1) is 12.0 Å². The van der Waals surface area contributed by atoms with Gasteiger partial charge >= 0.3 is 5.97 Å². The molecule has 0 radical (unpaired) electrons. The summed E-state index contributed by atoms with van der Waals surface area (Å²) in [6, 6.07) is -0.482. The zero-order valence-corrected chi connectivity index (χ0v) is 10.7. The van der Waals surface area contributed by atoms with Crippen LogP contribution in [-0.4, -0.2) is 48.6 Å². The van der Waals surface area contributed by atoms with E-state index in [-0.39, 0.29) is 31.4 Å². The monoisotopic (exact) mass is 269 g/mol. The lowest BCUT2D eigenvalue weighted by Gasteiger charge is -2.27. The number of carbonyl (C=O) groups excluding carboxylic acids is 2. The number of aliphatic carboxylic acids is 1. The second kappa shape index (κ2) is 5.56. The molecule has 1 aliphatic carbocycles. The molecule has 0 aromatic carbocycles. The van der Waals surface area contributed by atoms with E-state index in [0.717, 1.165) is 12.8 Å². The fraction of sp³-hybridized carbons (Fsp3) is 0.750. The van der Waals surface area contributed by atoms with Crippen LogP contribution in [0.1, 0.15) is 25.7 Å². The number of nitrogens with one attached hydrogen (secondary N) is 3. The summed E-state index contributed by atoms with van der Waals surface area (Å²) < 4.78 is 0. The maximum absolute atomic E-state index is 11.9. The molecule has 19 heavy (non-hydrogen) atoms. The van der Waals surface area contributed by atoms with E-state index in [1.165, 1.54) is 0 Å². The summed E-state index contributed by atoms with van der Waals surface area (Å²) in [5, 5.41) is 17.4. The summed E-state index contributed by atoms with van der Waals surface area (Å²) >= 11 is 0. The molecule has 0 aromatic rings. The van der Waals surface area contributed by atoms with Gasteiger partial charge in [-0.2, -0.15) is 0 Å². The number of hydrogen-bond donors (Lipinski definition) is 4. The molecule has 0 aromatic heterocycles. The van der Waals surface area contributed by atoms with Gasteiger partial charge in [-0.15, -0.1) is 0 Å².